The van der Waals surface area contributed by atoms with Crippen molar-refractivity contribution in [1.82, 2.24) is 0 Å². The fourth-order valence-electron chi connectivity index (χ4n) is 2.18. The van der Waals surface area contributed by atoms with Gasteiger partial charge in [0.05, 0.1) is 7.11 Å². The molecule has 0 atom stereocenters. The van der Waals surface area contributed by atoms with Crippen LogP contribution >= 0.6 is 0 Å². The molecule has 0 spiro atoms. The molecule has 0 saturated heterocycles. The zero-order chi connectivity index (χ0) is 19.8. The molecule has 142 valence electrons. The van der Waals surface area contributed by atoms with Gasteiger partial charge in [-0.2, -0.15) is 8.78 Å². The summed E-state index contributed by atoms with van der Waals surface area (Å²) in [6.07, 6.45) is 2.81. The van der Waals surface area contributed by atoms with Crippen LogP contribution in [-0.4, -0.2) is 25.5 Å². The van der Waals surface area contributed by atoms with Crippen molar-refractivity contribution in [3.63, 3.8) is 0 Å². The number of alkyl halides is 2. The molecule has 0 unspecified atom stereocenters. The molecule has 0 radical (unpaired) electrons. The molecule has 0 saturated carbocycles. The summed E-state index contributed by atoms with van der Waals surface area (Å²) in [5, 5.41) is 5.29. The van der Waals surface area contributed by atoms with Gasteiger partial charge in [-0.15, -0.1) is 0 Å². The third-order valence-electron chi connectivity index (χ3n) is 3.30. The molecule has 0 aliphatic heterocycles. The third kappa shape index (κ3) is 6.43. The average Bonchev–Trinajstić information content (AvgIpc) is 2.61. The van der Waals surface area contributed by atoms with E-state index in [1.165, 1.54) is 44.4 Å². The maximum Gasteiger partial charge on any atom is 0.387 e. The van der Waals surface area contributed by atoms with E-state index in [0.717, 1.165) is 0 Å². The van der Waals surface area contributed by atoms with Crippen LogP contribution in [0.3, 0.4) is 0 Å². The zero-order valence-corrected chi connectivity index (χ0v) is 14.7. The fraction of sp³-hybridized carbons (Fsp3) is 0.158. The lowest BCUT2D eigenvalue weighted by atomic mass is 10.2. The highest BCUT2D eigenvalue weighted by molar-refractivity contribution is 6.02. The predicted octanol–water partition coefficient (Wildman–Crippen LogP) is 3.91. The molecular weight excluding hydrogens is 358 g/mol. The third-order valence-corrected chi connectivity index (χ3v) is 3.30. The highest BCUT2D eigenvalue weighted by Crippen LogP contribution is 2.29. The van der Waals surface area contributed by atoms with Crippen LogP contribution in [0.25, 0.3) is 6.08 Å². The molecule has 0 fully saturated rings. The van der Waals surface area contributed by atoms with Gasteiger partial charge in [-0.3, -0.25) is 9.59 Å². The number of amides is 2. The first-order valence-electron chi connectivity index (χ1n) is 7.87. The lowest BCUT2D eigenvalue weighted by Crippen LogP contribution is -2.08. The van der Waals surface area contributed by atoms with Crippen molar-refractivity contribution in [2.24, 2.45) is 0 Å². The Bertz CT molecular complexity index is 836. The number of anilines is 2. The standard InChI is InChI=1S/C19H18F2N2O4/c1-12(24)22-14-5-7-15(8-6-14)23-18(25)10-4-13-3-9-16(27-19(20)21)17(11-13)26-2/h3-11,19H,1-2H3,(H,22,24)(H,23,25). The molecule has 0 heterocycles. The Morgan fingerprint density at radius 3 is 2.19 bits per heavy atom. The number of nitrogens with one attached hydrogen (secondary N) is 2. The summed E-state index contributed by atoms with van der Waals surface area (Å²) >= 11 is 0. The van der Waals surface area contributed by atoms with Crippen molar-refractivity contribution in [3.05, 3.63) is 54.1 Å². The van der Waals surface area contributed by atoms with E-state index in [-0.39, 0.29) is 23.3 Å². The number of halogens is 2. The summed E-state index contributed by atoms with van der Waals surface area (Å²) < 4.78 is 34.0. The van der Waals surface area contributed by atoms with Gasteiger partial charge in [0.25, 0.3) is 0 Å². The zero-order valence-electron chi connectivity index (χ0n) is 14.7. The molecule has 2 N–H and O–H groups in total. The van der Waals surface area contributed by atoms with Crippen LogP contribution in [0.15, 0.2) is 48.5 Å². The van der Waals surface area contributed by atoms with Crippen molar-refractivity contribution in [3.8, 4) is 11.5 Å². The molecule has 0 aliphatic rings. The normalized spacial score (nSPS) is 10.7. The number of carbonyl (C=O) groups excluding carboxylic acids is 2. The highest BCUT2D eigenvalue weighted by Gasteiger charge is 2.10. The van der Waals surface area contributed by atoms with Crippen LogP contribution in [0.1, 0.15) is 12.5 Å². The van der Waals surface area contributed by atoms with Crippen molar-refractivity contribution < 1.29 is 27.8 Å². The molecule has 2 aromatic carbocycles. The molecule has 27 heavy (non-hydrogen) atoms. The summed E-state index contributed by atoms with van der Waals surface area (Å²) in [5.74, 6) is -0.524. The van der Waals surface area contributed by atoms with Gasteiger partial charge in [0.1, 0.15) is 0 Å². The van der Waals surface area contributed by atoms with Gasteiger partial charge in [-0.1, -0.05) is 6.07 Å². The van der Waals surface area contributed by atoms with Crippen LogP contribution in [0.2, 0.25) is 0 Å². The molecule has 6 nitrogen and oxygen atoms in total. The molecule has 2 rings (SSSR count). The highest BCUT2D eigenvalue weighted by atomic mass is 19.3. The van der Waals surface area contributed by atoms with E-state index < -0.39 is 6.61 Å². The maximum absolute atomic E-state index is 12.3. The van der Waals surface area contributed by atoms with Crippen LogP contribution in [-0.2, 0) is 9.59 Å². The van der Waals surface area contributed by atoms with E-state index in [4.69, 9.17) is 4.74 Å². The first kappa shape index (κ1) is 19.9. The topological polar surface area (TPSA) is 76.7 Å². The minimum Gasteiger partial charge on any atom is -0.493 e. The summed E-state index contributed by atoms with van der Waals surface area (Å²) in [4.78, 5) is 23.0. The number of hydrogen-bond donors (Lipinski definition) is 2. The van der Waals surface area contributed by atoms with E-state index in [1.807, 2.05) is 0 Å². The monoisotopic (exact) mass is 376 g/mol. The van der Waals surface area contributed by atoms with Crippen LogP contribution in [0, 0.1) is 0 Å². The van der Waals surface area contributed by atoms with Gasteiger partial charge in [0.2, 0.25) is 11.8 Å². The van der Waals surface area contributed by atoms with E-state index in [9.17, 15) is 18.4 Å². The Morgan fingerprint density at radius 1 is 1.00 bits per heavy atom. The second-order valence-corrected chi connectivity index (χ2v) is 5.37. The van der Waals surface area contributed by atoms with E-state index in [0.29, 0.717) is 16.9 Å². The quantitative estimate of drug-likeness (QED) is 0.719. The number of methoxy groups -OCH3 is 1. The second kappa shape index (κ2) is 9.33. The average molecular weight is 376 g/mol. The lowest BCUT2D eigenvalue weighted by Gasteiger charge is -2.10. The number of hydrogen-bond acceptors (Lipinski definition) is 4. The molecule has 0 bridgehead atoms. The van der Waals surface area contributed by atoms with E-state index >= 15 is 0 Å². The van der Waals surface area contributed by atoms with E-state index in [1.54, 1.807) is 24.3 Å². The van der Waals surface area contributed by atoms with Crippen LogP contribution in [0.4, 0.5) is 20.2 Å². The first-order chi connectivity index (χ1) is 12.9. The van der Waals surface area contributed by atoms with Gasteiger partial charge in [-0.05, 0) is 48.0 Å². The number of benzene rings is 2. The Balaban J connectivity index is 2.00. The largest absolute Gasteiger partial charge is 0.493 e. The van der Waals surface area contributed by atoms with Gasteiger partial charge >= 0.3 is 6.61 Å². The van der Waals surface area contributed by atoms with Gasteiger partial charge < -0.3 is 20.1 Å². The second-order valence-electron chi connectivity index (χ2n) is 5.37. The van der Waals surface area contributed by atoms with Gasteiger partial charge in [0, 0.05) is 24.4 Å². The molecule has 2 amide bonds. The summed E-state index contributed by atoms with van der Waals surface area (Å²) in [7, 11) is 1.33. The number of ether oxygens (including phenoxy) is 2. The molecule has 0 aliphatic carbocycles. The summed E-state index contributed by atoms with van der Waals surface area (Å²) in [5.41, 5.74) is 1.75. The van der Waals surface area contributed by atoms with Crippen molar-refractivity contribution in [2.45, 2.75) is 13.5 Å². The minimum absolute atomic E-state index is 0.0895. The van der Waals surface area contributed by atoms with Crippen molar-refractivity contribution >= 4 is 29.3 Å². The molecule has 8 heteroatoms. The van der Waals surface area contributed by atoms with Gasteiger partial charge in [0.15, 0.2) is 11.5 Å². The van der Waals surface area contributed by atoms with Gasteiger partial charge in [-0.25, -0.2) is 0 Å². The minimum atomic E-state index is -2.96. The molecule has 2 aromatic rings. The Labute approximate surface area is 154 Å². The summed E-state index contributed by atoms with van der Waals surface area (Å²) in [6.45, 7) is -1.55. The number of carbonyl (C=O) groups is 2. The summed E-state index contributed by atoms with van der Waals surface area (Å²) in [6, 6.07) is 11.0. The Morgan fingerprint density at radius 2 is 1.63 bits per heavy atom. The van der Waals surface area contributed by atoms with E-state index in [2.05, 4.69) is 15.4 Å². The smallest absolute Gasteiger partial charge is 0.387 e. The fourth-order valence-corrected chi connectivity index (χ4v) is 2.18. The Kier molecular flexibility index (Phi) is 6.87. The predicted molar refractivity (Wildman–Crippen MR) is 98.0 cm³/mol. The molecule has 0 aromatic heterocycles. The Hall–Kier alpha value is -3.42. The SMILES string of the molecule is COc1cc(C=CC(=O)Nc2ccc(NC(C)=O)cc2)ccc1OC(F)F. The van der Waals surface area contributed by atoms with Crippen LogP contribution in [0.5, 0.6) is 11.5 Å². The van der Waals surface area contributed by atoms with Crippen molar-refractivity contribution in [2.75, 3.05) is 17.7 Å². The molecular formula is C19H18F2N2O4. The number of rotatable bonds is 7. The maximum atomic E-state index is 12.3. The first-order valence-corrected chi connectivity index (χ1v) is 7.87. The lowest BCUT2D eigenvalue weighted by molar-refractivity contribution is -0.114. The van der Waals surface area contributed by atoms with Crippen LogP contribution < -0.4 is 20.1 Å². The van der Waals surface area contributed by atoms with Crippen molar-refractivity contribution in [1.29, 1.82) is 0 Å².